The van der Waals surface area contributed by atoms with Crippen LogP contribution in [0, 0.1) is 5.82 Å². The van der Waals surface area contributed by atoms with Crippen LogP contribution < -0.4 is 20.1 Å². The lowest BCUT2D eigenvalue weighted by atomic mass is 10.2. The number of methoxy groups -OCH3 is 1. The van der Waals surface area contributed by atoms with Crippen LogP contribution in [0.25, 0.3) is 0 Å². The van der Waals surface area contributed by atoms with Gasteiger partial charge in [0.2, 0.25) is 0 Å². The summed E-state index contributed by atoms with van der Waals surface area (Å²) in [5, 5.41) is 5.86. The second-order valence-corrected chi connectivity index (χ2v) is 6.15. The number of nitrogens with one attached hydrogen (secondary N) is 2. The second kappa shape index (κ2) is 10.1. The minimum absolute atomic E-state index is 0.271. The van der Waals surface area contributed by atoms with Gasteiger partial charge in [-0.25, -0.2) is 4.39 Å². The van der Waals surface area contributed by atoms with Gasteiger partial charge >= 0.3 is 0 Å². The molecule has 6 nitrogen and oxygen atoms in total. The molecule has 150 valence electrons. The van der Waals surface area contributed by atoms with E-state index in [9.17, 15) is 9.18 Å². The van der Waals surface area contributed by atoms with E-state index in [0.29, 0.717) is 36.7 Å². The van der Waals surface area contributed by atoms with Crippen molar-refractivity contribution in [2.24, 2.45) is 0 Å². The Kier molecular flexibility index (Phi) is 7.00. The number of halogens is 1. The summed E-state index contributed by atoms with van der Waals surface area (Å²) in [7, 11) is 1.60. The topological polar surface area (TPSA) is 72.5 Å². The highest BCUT2D eigenvalue weighted by atomic mass is 19.1. The van der Waals surface area contributed by atoms with Crippen molar-refractivity contribution in [3.63, 3.8) is 0 Å². The first-order valence-corrected chi connectivity index (χ1v) is 9.14. The lowest BCUT2D eigenvalue weighted by Gasteiger charge is -2.10. The first-order chi connectivity index (χ1) is 14.2. The highest BCUT2D eigenvalue weighted by molar-refractivity contribution is 5.93. The number of aromatic nitrogens is 1. The number of amides is 1. The fourth-order valence-corrected chi connectivity index (χ4v) is 2.60. The average Bonchev–Trinajstić information content (AvgIpc) is 2.76. The Bertz CT molecular complexity index is 948. The van der Waals surface area contributed by atoms with Gasteiger partial charge in [0.25, 0.3) is 5.91 Å². The van der Waals surface area contributed by atoms with Gasteiger partial charge in [-0.1, -0.05) is 18.2 Å². The molecular weight excluding hydrogens is 373 g/mol. The first-order valence-electron chi connectivity index (χ1n) is 9.14. The molecule has 0 bridgehead atoms. The number of anilines is 1. The molecule has 3 aromatic rings. The lowest BCUT2D eigenvalue weighted by Crippen LogP contribution is -2.28. The predicted octanol–water partition coefficient (Wildman–Crippen LogP) is 3.65. The van der Waals surface area contributed by atoms with E-state index in [4.69, 9.17) is 9.47 Å². The fourth-order valence-electron chi connectivity index (χ4n) is 2.60. The van der Waals surface area contributed by atoms with Crippen molar-refractivity contribution in [3.8, 4) is 11.5 Å². The van der Waals surface area contributed by atoms with E-state index < -0.39 is 0 Å². The van der Waals surface area contributed by atoms with Crippen molar-refractivity contribution < 1.29 is 18.7 Å². The number of ether oxygens (including phenoxy) is 2. The molecule has 1 amide bonds. The van der Waals surface area contributed by atoms with Gasteiger partial charge in [0.1, 0.15) is 29.6 Å². The Labute approximate surface area is 168 Å². The second-order valence-electron chi connectivity index (χ2n) is 6.15. The van der Waals surface area contributed by atoms with Gasteiger partial charge in [-0.2, -0.15) is 0 Å². The van der Waals surface area contributed by atoms with Gasteiger partial charge in [-0.15, -0.1) is 0 Å². The average molecular weight is 395 g/mol. The number of carbonyl (C=O) groups excluding carboxylic acids is 1. The molecule has 0 radical (unpaired) electrons. The summed E-state index contributed by atoms with van der Waals surface area (Å²) < 4.78 is 24.4. The maximum absolute atomic E-state index is 13.7. The van der Waals surface area contributed by atoms with E-state index in [1.807, 2.05) is 0 Å². The van der Waals surface area contributed by atoms with Gasteiger partial charge in [0.15, 0.2) is 0 Å². The summed E-state index contributed by atoms with van der Waals surface area (Å²) in [4.78, 5) is 16.4. The summed E-state index contributed by atoms with van der Waals surface area (Å²) in [6, 6.07) is 17.1. The highest BCUT2D eigenvalue weighted by Crippen LogP contribution is 2.16. The molecule has 2 aromatic carbocycles. The smallest absolute Gasteiger partial charge is 0.270 e. The van der Waals surface area contributed by atoms with Crippen LogP contribution in [-0.4, -0.2) is 31.2 Å². The number of benzene rings is 2. The van der Waals surface area contributed by atoms with Crippen LogP contribution in [0.3, 0.4) is 0 Å². The zero-order valence-corrected chi connectivity index (χ0v) is 16.0. The number of pyridine rings is 1. The third kappa shape index (κ3) is 5.93. The lowest BCUT2D eigenvalue weighted by molar-refractivity contribution is 0.0942. The molecular formula is C22H22FN3O3. The van der Waals surface area contributed by atoms with Crippen LogP contribution in [0.4, 0.5) is 10.1 Å². The molecule has 1 aromatic heterocycles. The molecule has 0 aliphatic heterocycles. The Morgan fingerprint density at radius 3 is 2.59 bits per heavy atom. The van der Waals surface area contributed by atoms with E-state index in [2.05, 4.69) is 15.6 Å². The molecule has 0 saturated heterocycles. The molecule has 3 rings (SSSR count). The molecule has 7 heteroatoms. The van der Waals surface area contributed by atoms with Crippen molar-refractivity contribution in [3.05, 3.63) is 83.9 Å². The molecule has 0 unspecified atom stereocenters. The molecule has 0 fully saturated rings. The summed E-state index contributed by atoms with van der Waals surface area (Å²) in [6.07, 6.45) is 1.53. The van der Waals surface area contributed by atoms with Crippen molar-refractivity contribution in [1.82, 2.24) is 10.3 Å². The van der Waals surface area contributed by atoms with E-state index in [1.54, 1.807) is 61.7 Å². The summed E-state index contributed by atoms with van der Waals surface area (Å²) in [5.41, 5.74) is 1.50. The number of hydrogen-bond acceptors (Lipinski definition) is 5. The van der Waals surface area contributed by atoms with E-state index in [1.165, 1.54) is 12.3 Å². The van der Waals surface area contributed by atoms with Crippen molar-refractivity contribution >= 4 is 11.6 Å². The number of hydrogen-bond donors (Lipinski definition) is 2. The maximum Gasteiger partial charge on any atom is 0.270 e. The summed E-state index contributed by atoms with van der Waals surface area (Å²) in [6.45, 7) is 0.968. The number of carbonyl (C=O) groups is 1. The van der Waals surface area contributed by atoms with Gasteiger partial charge in [-0.3, -0.25) is 9.78 Å². The zero-order valence-electron chi connectivity index (χ0n) is 16.0. The van der Waals surface area contributed by atoms with Crippen LogP contribution in [0.5, 0.6) is 11.5 Å². The van der Waals surface area contributed by atoms with E-state index in [-0.39, 0.29) is 17.4 Å². The molecule has 0 spiro atoms. The van der Waals surface area contributed by atoms with Gasteiger partial charge in [0, 0.05) is 24.0 Å². The molecule has 0 aliphatic rings. The Hall–Kier alpha value is -3.61. The van der Waals surface area contributed by atoms with Crippen LogP contribution in [0.15, 0.2) is 66.9 Å². The Morgan fingerprint density at radius 2 is 1.83 bits per heavy atom. The molecule has 29 heavy (non-hydrogen) atoms. The molecule has 2 N–H and O–H groups in total. The monoisotopic (exact) mass is 395 g/mol. The van der Waals surface area contributed by atoms with Crippen LogP contribution in [-0.2, 0) is 6.54 Å². The van der Waals surface area contributed by atoms with Crippen molar-refractivity contribution in [1.29, 1.82) is 0 Å². The van der Waals surface area contributed by atoms with Crippen LogP contribution >= 0.6 is 0 Å². The van der Waals surface area contributed by atoms with Crippen molar-refractivity contribution in [2.75, 3.05) is 25.6 Å². The van der Waals surface area contributed by atoms with Crippen molar-refractivity contribution in [2.45, 2.75) is 6.54 Å². The molecule has 1 heterocycles. The molecule has 0 saturated carbocycles. The van der Waals surface area contributed by atoms with Crippen LogP contribution in [0.1, 0.15) is 16.1 Å². The Morgan fingerprint density at radius 1 is 1.07 bits per heavy atom. The minimum Gasteiger partial charge on any atom is -0.497 e. The Balaban J connectivity index is 1.46. The predicted molar refractivity (Wildman–Crippen MR) is 109 cm³/mol. The highest BCUT2D eigenvalue weighted by Gasteiger charge is 2.08. The van der Waals surface area contributed by atoms with Gasteiger partial charge in [-0.05, 0) is 42.5 Å². The van der Waals surface area contributed by atoms with Gasteiger partial charge < -0.3 is 20.1 Å². The zero-order chi connectivity index (χ0) is 20.5. The number of nitrogens with zero attached hydrogens (tertiary/aromatic N) is 1. The van der Waals surface area contributed by atoms with Crippen LogP contribution in [0.2, 0.25) is 0 Å². The third-order valence-corrected chi connectivity index (χ3v) is 4.15. The van der Waals surface area contributed by atoms with E-state index >= 15 is 0 Å². The quantitative estimate of drug-likeness (QED) is 0.541. The minimum atomic E-state index is -0.308. The third-order valence-electron chi connectivity index (χ3n) is 4.15. The standard InChI is InChI=1S/C22H22FN3O3/c1-28-18-6-8-19(9-7-18)29-13-12-25-22(27)21-14-17(10-11-24-21)26-15-16-4-2-3-5-20(16)23/h2-11,14H,12-13,15H2,1H3,(H,24,26)(H,25,27). The van der Waals surface area contributed by atoms with Gasteiger partial charge in [0.05, 0.1) is 13.7 Å². The largest absolute Gasteiger partial charge is 0.497 e. The summed E-state index contributed by atoms with van der Waals surface area (Å²) in [5.74, 6) is 0.861. The maximum atomic E-state index is 13.7. The normalized spacial score (nSPS) is 10.3. The SMILES string of the molecule is COc1ccc(OCCNC(=O)c2cc(NCc3ccccc3F)ccn2)cc1. The molecule has 0 aliphatic carbocycles. The summed E-state index contributed by atoms with van der Waals surface area (Å²) >= 11 is 0. The molecule has 0 atom stereocenters. The number of rotatable bonds is 9. The van der Waals surface area contributed by atoms with E-state index in [0.717, 1.165) is 5.75 Å². The fraction of sp³-hybridized carbons (Fsp3) is 0.182. The first kappa shape index (κ1) is 20.1.